The first-order chi connectivity index (χ1) is 8.42. The molecule has 0 aliphatic carbocycles. The third-order valence-corrected chi connectivity index (χ3v) is 2.54. The van der Waals surface area contributed by atoms with Crippen LogP contribution < -0.4 is 15.5 Å². The molecule has 0 aliphatic rings. The van der Waals surface area contributed by atoms with E-state index >= 15 is 0 Å². The lowest BCUT2D eigenvalue weighted by atomic mass is 9.97. The Morgan fingerprint density at radius 1 is 1.28 bits per heavy atom. The summed E-state index contributed by atoms with van der Waals surface area (Å²) in [5, 5.41) is 6.47. The van der Waals surface area contributed by atoms with Gasteiger partial charge in [0.15, 0.2) is 0 Å². The van der Waals surface area contributed by atoms with E-state index in [4.69, 9.17) is 0 Å². The fourth-order valence-electron chi connectivity index (χ4n) is 1.40. The topological polar surface area (TPSA) is 53.1 Å². The van der Waals surface area contributed by atoms with Crippen LogP contribution in [0.2, 0.25) is 0 Å². The van der Waals surface area contributed by atoms with Crippen molar-refractivity contribution in [1.29, 1.82) is 0 Å². The lowest BCUT2D eigenvalue weighted by Crippen LogP contribution is -2.28. The minimum Gasteiger partial charge on any atom is -0.369 e. The molecular weight excluding hydrogens is 226 g/mol. The Balaban J connectivity index is 2.61. The molecule has 0 aromatic carbocycles. The Hall–Kier alpha value is -1.36. The molecule has 5 nitrogen and oxygen atoms in total. The predicted octanol–water partition coefficient (Wildman–Crippen LogP) is 1.59. The number of aromatic nitrogens is 2. The standard InChI is InChI=1S/C13H25N5/c1-13(2,3)9-15-11-8-12(17-10-16-11)18(5)7-6-14-4/h8,10,14H,6-7,9H2,1-5H3,(H,15,16,17). The fourth-order valence-corrected chi connectivity index (χ4v) is 1.40. The lowest BCUT2D eigenvalue weighted by Gasteiger charge is -2.21. The van der Waals surface area contributed by atoms with Gasteiger partial charge in [0.25, 0.3) is 0 Å². The summed E-state index contributed by atoms with van der Waals surface area (Å²) in [4.78, 5) is 10.6. The third kappa shape index (κ3) is 5.31. The molecule has 1 aromatic rings. The van der Waals surface area contributed by atoms with Crippen molar-refractivity contribution in [2.24, 2.45) is 5.41 Å². The molecule has 0 radical (unpaired) electrons. The second-order valence-electron chi connectivity index (χ2n) is 5.70. The summed E-state index contributed by atoms with van der Waals surface area (Å²) < 4.78 is 0. The van der Waals surface area contributed by atoms with Gasteiger partial charge < -0.3 is 15.5 Å². The largest absolute Gasteiger partial charge is 0.369 e. The Bertz CT molecular complexity index is 359. The highest BCUT2D eigenvalue weighted by atomic mass is 15.2. The van der Waals surface area contributed by atoms with Crippen LogP contribution in [-0.4, -0.2) is 43.7 Å². The molecule has 0 spiro atoms. The molecule has 1 rings (SSSR count). The van der Waals surface area contributed by atoms with Crippen molar-refractivity contribution in [2.45, 2.75) is 20.8 Å². The zero-order valence-electron chi connectivity index (χ0n) is 12.1. The van der Waals surface area contributed by atoms with Gasteiger partial charge in [-0.25, -0.2) is 9.97 Å². The highest BCUT2D eigenvalue weighted by molar-refractivity contribution is 5.47. The quantitative estimate of drug-likeness (QED) is 0.804. The van der Waals surface area contributed by atoms with Gasteiger partial charge in [-0.05, 0) is 12.5 Å². The van der Waals surface area contributed by atoms with Crippen LogP contribution in [0.3, 0.4) is 0 Å². The van der Waals surface area contributed by atoms with Crippen molar-refractivity contribution < 1.29 is 0 Å². The van der Waals surface area contributed by atoms with E-state index in [0.29, 0.717) is 0 Å². The van der Waals surface area contributed by atoms with Crippen molar-refractivity contribution in [3.8, 4) is 0 Å². The predicted molar refractivity (Wildman–Crippen MR) is 77.2 cm³/mol. The van der Waals surface area contributed by atoms with Crippen molar-refractivity contribution in [1.82, 2.24) is 15.3 Å². The van der Waals surface area contributed by atoms with E-state index in [1.54, 1.807) is 6.33 Å². The van der Waals surface area contributed by atoms with E-state index in [0.717, 1.165) is 31.3 Å². The monoisotopic (exact) mass is 251 g/mol. The molecule has 0 unspecified atom stereocenters. The maximum absolute atomic E-state index is 4.28. The summed E-state index contributed by atoms with van der Waals surface area (Å²) in [6.07, 6.45) is 1.61. The van der Waals surface area contributed by atoms with Gasteiger partial charge in [-0.2, -0.15) is 0 Å². The molecule has 1 aromatic heterocycles. The van der Waals surface area contributed by atoms with E-state index in [1.807, 2.05) is 20.2 Å². The molecule has 2 N–H and O–H groups in total. The Morgan fingerprint density at radius 3 is 2.61 bits per heavy atom. The number of rotatable bonds is 6. The van der Waals surface area contributed by atoms with Crippen LogP contribution in [0.1, 0.15) is 20.8 Å². The number of likely N-dealkylation sites (N-methyl/N-ethyl adjacent to an activating group) is 2. The van der Waals surface area contributed by atoms with E-state index < -0.39 is 0 Å². The lowest BCUT2D eigenvalue weighted by molar-refractivity contribution is 0.442. The normalized spacial score (nSPS) is 11.4. The molecule has 102 valence electrons. The van der Waals surface area contributed by atoms with Crippen molar-refractivity contribution >= 4 is 11.6 Å². The number of nitrogens with one attached hydrogen (secondary N) is 2. The molecule has 0 bridgehead atoms. The first-order valence-electron chi connectivity index (χ1n) is 6.34. The van der Waals surface area contributed by atoms with Crippen LogP contribution in [0, 0.1) is 5.41 Å². The zero-order valence-corrected chi connectivity index (χ0v) is 12.1. The maximum Gasteiger partial charge on any atom is 0.133 e. The van der Waals surface area contributed by atoms with Gasteiger partial charge in [0.2, 0.25) is 0 Å². The summed E-state index contributed by atoms with van der Waals surface area (Å²) in [5.41, 5.74) is 0.239. The average Bonchev–Trinajstić information content (AvgIpc) is 2.33. The minimum absolute atomic E-state index is 0.239. The van der Waals surface area contributed by atoms with Crippen LogP contribution in [0.5, 0.6) is 0 Å². The summed E-state index contributed by atoms with van der Waals surface area (Å²) >= 11 is 0. The summed E-state index contributed by atoms with van der Waals surface area (Å²) in [5.74, 6) is 1.82. The fraction of sp³-hybridized carbons (Fsp3) is 0.692. The maximum atomic E-state index is 4.28. The van der Waals surface area contributed by atoms with Crippen molar-refractivity contribution in [3.05, 3.63) is 12.4 Å². The Morgan fingerprint density at radius 2 is 2.00 bits per heavy atom. The highest BCUT2D eigenvalue weighted by Crippen LogP contribution is 2.16. The van der Waals surface area contributed by atoms with E-state index in [-0.39, 0.29) is 5.41 Å². The van der Waals surface area contributed by atoms with Gasteiger partial charge in [0.05, 0.1) is 0 Å². The third-order valence-electron chi connectivity index (χ3n) is 2.54. The highest BCUT2D eigenvalue weighted by Gasteiger charge is 2.10. The number of anilines is 2. The summed E-state index contributed by atoms with van der Waals surface area (Å²) in [7, 11) is 3.98. The first-order valence-corrected chi connectivity index (χ1v) is 6.34. The van der Waals surface area contributed by atoms with Gasteiger partial charge >= 0.3 is 0 Å². The molecule has 0 saturated carbocycles. The molecule has 0 aliphatic heterocycles. The van der Waals surface area contributed by atoms with Crippen molar-refractivity contribution in [3.63, 3.8) is 0 Å². The van der Waals surface area contributed by atoms with Crippen LogP contribution in [0.15, 0.2) is 12.4 Å². The second kappa shape index (κ2) is 6.54. The van der Waals surface area contributed by atoms with Crippen molar-refractivity contribution in [2.75, 3.05) is 43.9 Å². The first kappa shape index (κ1) is 14.7. The molecule has 0 atom stereocenters. The second-order valence-corrected chi connectivity index (χ2v) is 5.70. The summed E-state index contributed by atoms with van der Waals surface area (Å²) in [6.45, 7) is 9.34. The average molecular weight is 251 g/mol. The van der Waals surface area contributed by atoms with Gasteiger partial charge in [0.1, 0.15) is 18.0 Å². The molecule has 0 fully saturated rings. The molecule has 0 saturated heterocycles. The van der Waals surface area contributed by atoms with Crippen LogP contribution in [-0.2, 0) is 0 Å². The smallest absolute Gasteiger partial charge is 0.133 e. The van der Waals surface area contributed by atoms with Crippen LogP contribution in [0.4, 0.5) is 11.6 Å². The summed E-state index contributed by atoms with van der Waals surface area (Å²) in [6, 6.07) is 1.99. The van der Waals surface area contributed by atoms with E-state index in [9.17, 15) is 0 Å². The van der Waals surface area contributed by atoms with Crippen LogP contribution in [0.25, 0.3) is 0 Å². The molecular formula is C13H25N5. The molecule has 18 heavy (non-hydrogen) atoms. The van der Waals surface area contributed by atoms with Crippen LogP contribution >= 0.6 is 0 Å². The van der Waals surface area contributed by atoms with E-state index in [1.165, 1.54) is 0 Å². The van der Waals surface area contributed by atoms with Gasteiger partial charge in [-0.1, -0.05) is 20.8 Å². The van der Waals surface area contributed by atoms with Gasteiger partial charge in [0, 0.05) is 32.7 Å². The number of hydrogen-bond donors (Lipinski definition) is 2. The molecule has 1 heterocycles. The Kier molecular flexibility index (Phi) is 5.34. The molecule has 5 heteroatoms. The van der Waals surface area contributed by atoms with Gasteiger partial charge in [-0.15, -0.1) is 0 Å². The zero-order chi connectivity index (χ0) is 13.6. The van der Waals surface area contributed by atoms with Gasteiger partial charge in [-0.3, -0.25) is 0 Å². The number of hydrogen-bond acceptors (Lipinski definition) is 5. The Labute approximate surface area is 110 Å². The molecule has 0 amide bonds. The SMILES string of the molecule is CNCCN(C)c1cc(NCC(C)(C)C)ncn1. The van der Waals surface area contributed by atoms with E-state index in [2.05, 4.69) is 46.3 Å². The number of nitrogens with zero attached hydrogens (tertiary/aromatic N) is 3. The minimum atomic E-state index is 0.239.